The number of hydrogen-bond donors (Lipinski definition) is 3. The van der Waals surface area contributed by atoms with Crippen molar-refractivity contribution in [2.45, 2.75) is 109 Å². The summed E-state index contributed by atoms with van der Waals surface area (Å²) in [6, 6.07) is 1.77. The summed E-state index contributed by atoms with van der Waals surface area (Å²) in [5.74, 6) is -2.63. The van der Waals surface area contributed by atoms with Crippen LogP contribution in [0.3, 0.4) is 0 Å². The average molecular weight is 709 g/mol. The minimum Gasteiger partial charge on any atom is -0.444 e. The topological polar surface area (TPSA) is 165 Å². The highest BCUT2D eigenvalue weighted by Gasteiger charge is 2.56. The molecule has 0 radical (unpaired) electrons. The van der Waals surface area contributed by atoms with Gasteiger partial charge in [0.15, 0.2) is 5.60 Å². The number of carbonyl (C=O) groups excluding carboxylic acids is 5. The summed E-state index contributed by atoms with van der Waals surface area (Å²) in [5, 5.41) is 13.2. The van der Waals surface area contributed by atoms with Gasteiger partial charge in [0.2, 0.25) is 17.6 Å². The molecule has 3 N–H and O–H groups in total. The van der Waals surface area contributed by atoms with Crippen molar-refractivity contribution in [1.82, 2.24) is 20.9 Å². The second-order valence-electron chi connectivity index (χ2n) is 14.1. The predicted molar refractivity (Wildman–Crippen MR) is 177 cm³/mol. The van der Waals surface area contributed by atoms with Crippen molar-refractivity contribution >= 4 is 58.5 Å². The third-order valence-corrected chi connectivity index (χ3v) is 9.70. The minimum absolute atomic E-state index is 0.0267. The Bertz CT molecular complexity index is 1470. The standard InChI is InChI=1S/C33H43Cl2N5O8/c1-5-6-23(26(41)29(43)36-19-8-9-19)37-28(42)25-15-33(14-24(39-48-33)18-7-10-21(34)22(35)13-18)17-40(25)30(44)27(32(2,3)4)38-31(45)47-20-11-12-46-16-20/h7,10,13,19-20,23,25,27H,5-6,8-9,11-12,14-17H2,1-4H3,(H,36,43)(H,37,42)(H,38,45)/t20-,23-,25-,27+,33+/m0/s1. The molecule has 3 fully saturated rings. The Balaban J connectivity index is 1.39. The first-order valence-electron chi connectivity index (χ1n) is 16.4. The number of alkyl carbamates (subject to hydrolysis) is 1. The normalized spacial score (nSPS) is 24.8. The lowest BCUT2D eigenvalue weighted by Crippen LogP contribution is -2.59. The van der Waals surface area contributed by atoms with Crippen LogP contribution in [0.5, 0.6) is 0 Å². The number of Topliss-reactive ketones (excluding diaryl/α,β-unsaturated/α-hetero) is 1. The van der Waals surface area contributed by atoms with Gasteiger partial charge in [-0.05, 0) is 36.8 Å². The van der Waals surface area contributed by atoms with Gasteiger partial charge < -0.3 is 35.2 Å². The SMILES string of the molecule is CCC[C@H](NC(=O)[C@@H]1C[C@]2(CC(c3ccc(Cl)c(Cl)c3)=NO2)CN1C(=O)[C@@H](NC(=O)O[C@H]1CCOC1)C(C)(C)C)C(=O)C(=O)NC1CC1. The quantitative estimate of drug-likeness (QED) is 0.294. The van der Waals surface area contributed by atoms with Crippen LogP contribution in [0, 0.1) is 5.41 Å². The minimum atomic E-state index is -1.11. The molecule has 0 bridgehead atoms. The lowest BCUT2D eigenvalue weighted by atomic mass is 9.85. The van der Waals surface area contributed by atoms with Crippen LogP contribution >= 0.6 is 23.2 Å². The first-order valence-corrected chi connectivity index (χ1v) is 17.2. The van der Waals surface area contributed by atoms with Gasteiger partial charge in [0, 0.05) is 30.9 Å². The lowest BCUT2D eigenvalue weighted by Gasteiger charge is -2.35. The van der Waals surface area contributed by atoms with Gasteiger partial charge in [-0.25, -0.2) is 4.79 Å². The number of hydrogen-bond acceptors (Lipinski definition) is 9. The van der Waals surface area contributed by atoms with Gasteiger partial charge in [0.05, 0.1) is 41.6 Å². The van der Waals surface area contributed by atoms with Crippen molar-refractivity contribution in [3.8, 4) is 0 Å². The van der Waals surface area contributed by atoms with Gasteiger partial charge >= 0.3 is 6.09 Å². The van der Waals surface area contributed by atoms with Gasteiger partial charge in [0.25, 0.3) is 5.91 Å². The van der Waals surface area contributed by atoms with E-state index in [2.05, 4.69) is 21.1 Å². The summed E-state index contributed by atoms with van der Waals surface area (Å²) >= 11 is 12.4. The molecule has 3 heterocycles. The zero-order valence-electron chi connectivity index (χ0n) is 27.6. The second-order valence-corrected chi connectivity index (χ2v) is 14.9. The van der Waals surface area contributed by atoms with Crippen LogP contribution in [-0.2, 0) is 33.5 Å². The molecule has 5 atom stereocenters. The number of oxime groups is 1. The van der Waals surface area contributed by atoms with Crippen LogP contribution in [0.4, 0.5) is 4.79 Å². The molecule has 3 aliphatic heterocycles. The van der Waals surface area contributed by atoms with Gasteiger partial charge in [0.1, 0.15) is 18.2 Å². The predicted octanol–water partition coefficient (Wildman–Crippen LogP) is 3.52. The van der Waals surface area contributed by atoms with Gasteiger partial charge in [-0.15, -0.1) is 0 Å². The van der Waals surface area contributed by atoms with Crippen molar-refractivity contribution < 1.29 is 38.3 Å². The average Bonchev–Trinajstić information content (AvgIpc) is 3.38. The maximum absolute atomic E-state index is 14.4. The molecule has 1 aromatic rings. The van der Waals surface area contributed by atoms with Crippen LogP contribution in [0.2, 0.25) is 10.0 Å². The fourth-order valence-electron chi connectivity index (χ4n) is 6.15. The third-order valence-electron chi connectivity index (χ3n) is 8.96. The number of nitrogens with zero attached hydrogens (tertiary/aromatic N) is 2. The molecule has 0 unspecified atom stereocenters. The molecule has 4 amide bonds. The third kappa shape index (κ3) is 8.41. The monoisotopic (exact) mass is 707 g/mol. The van der Waals surface area contributed by atoms with E-state index >= 15 is 0 Å². The molecule has 2 saturated heterocycles. The van der Waals surface area contributed by atoms with Crippen molar-refractivity contribution in [2.24, 2.45) is 10.6 Å². The highest BCUT2D eigenvalue weighted by atomic mass is 35.5. The van der Waals surface area contributed by atoms with Gasteiger partial charge in [-0.1, -0.05) is 68.5 Å². The first-order chi connectivity index (χ1) is 22.7. The largest absolute Gasteiger partial charge is 0.444 e. The summed E-state index contributed by atoms with van der Waals surface area (Å²) in [7, 11) is 0. The van der Waals surface area contributed by atoms with E-state index in [1.807, 2.05) is 6.92 Å². The first kappa shape index (κ1) is 35.9. The summed E-state index contributed by atoms with van der Waals surface area (Å²) in [6.45, 7) is 7.93. The number of likely N-dealkylation sites (tertiary alicyclic amines) is 1. The lowest BCUT2D eigenvalue weighted by molar-refractivity contribution is -0.144. The molecule has 5 rings (SSSR count). The van der Waals surface area contributed by atoms with E-state index in [9.17, 15) is 24.0 Å². The Morgan fingerprint density at radius 1 is 1.10 bits per heavy atom. The van der Waals surface area contributed by atoms with Crippen LogP contribution < -0.4 is 16.0 Å². The van der Waals surface area contributed by atoms with Crippen molar-refractivity contribution in [2.75, 3.05) is 19.8 Å². The number of ketones is 1. The zero-order valence-corrected chi connectivity index (χ0v) is 29.1. The molecule has 1 spiro atoms. The number of nitrogens with one attached hydrogen (secondary N) is 3. The molecule has 48 heavy (non-hydrogen) atoms. The van der Waals surface area contributed by atoms with Gasteiger partial charge in [-0.2, -0.15) is 0 Å². The molecule has 4 aliphatic rings. The number of halogens is 2. The zero-order chi connectivity index (χ0) is 34.8. The molecule has 1 saturated carbocycles. The molecule has 13 nitrogen and oxygen atoms in total. The molecule has 0 aromatic heterocycles. The van der Waals surface area contributed by atoms with Crippen LogP contribution in [-0.4, -0.2) is 95.8 Å². The fourth-order valence-corrected chi connectivity index (χ4v) is 6.45. The number of amides is 4. The Kier molecular flexibility index (Phi) is 10.9. The van der Waals surface area contributed by atoms with E-state index < -0.39 is 64.8 Å². The maximum atomic E-state index is 14.4. The van der Waals surface area contributed by atoms with Crippen molar-refractivity contribution in [3.63, 3.8) is 0 Å². The van der Waals surface area contributed by atoms with E-state index in [-0.39, 0.29) is 38.5 Å². The number of benzene rings is 1. The van der Waals surface area contributed by atoms with Crippen LogP contribution in [0.25, 0.3) is 0 Å². The van der Waals surface area contributed by atoms with E-state index in [0.29, 0.717) is 40.8 Å². The number of ether oxygens (including phenoxy) is 2. The second kappa shape index (κ2) is 14.6. The molecule has 1 aromatic carbocycles. The summed E-state index contributed by atoms with van der Waals surface area (Å²) in [5.41, 5.74) is -0.642. The fraction of sp³-hybridized carbons (Fsp3) is 0.636. The Morgan fingerprint density at radius 3 is 2.48 bits per heavy atom. The molecular weight excluding hydrogens is 665 g/mol. The highest BCUT2D eigenvalue weighted by molar-refractivity contribution is 6.42. The number of carbonyl (C=O) groups is 5. The molecule has 262 valence electrons. The molecular formula is C33H43Cl2N5O8. The van der Waals surface area contributed by atoms with Crippen LogP contribution in [0.15, 0.2) is 23.4 Å². The summed E-state index contributed by atoms with van der Waals surface area (Å²) in [6.07, 6.45) is 2.02. The van der Waals surface area contributed by atoms with E-state index in [4.69, 9.17) is 37.5 Å². The molecule has 15 heteroatoms. The Morgan fingerprint density at radius 2 is 1.85 bits per heavy atom. The van der Waals surface area contributed by atoms with Crippen molar-refractivity contribution in [1.29, 1.82) is 0 Å². The highest BCUT2D eigenvalue weighted by Crippen LogP contribution is 2.40. The smallest absolute Gasteiger partial charge is 0.408 e. The Hall–Kier alpha value is -3.42. The van der Waals surface area contributed by atoms with E-state index in [1.54, 1.807) is 39.0 Å². The van der Waals surface area contributed by atoms with Crippen LogP contribution in [0.1, 0.15) is 78.2 Å². The number of rotatable bonds is 11. The Labute approximate surface area is 289 Å². The summed E-state index contributed by atoms with van der Waals surface area (Å²) < 4.78 is 10.8. The van der Waals surface area contributed by atoms with Gasteiger partial charge in [-0.3, -0.25) is 19.2 Å². The van der Waals surface area contributed by atoms with Crippen molar-refractivity contribution in [3.05, 3.63) is 33.8 Å². The molecule has 1 aliphatic carbocycles. The van der Waals surface area contributed by atoms with E-state index in [0.717, 1.165) is 12.8 Å². The maximum Gasteiger partial charge on any atom is 0.408 e. The van der Waals surface area contributed by atoms with E-state index in [1.165, 1.54) is 4.90 Å². The summed E-state index contributed by atoms with van der Waals surface area (Å²) in [4.78, 5) is 74.6.